The Morgan fingerprint density at radius 3 is 2.50 bits per heavy atom. The Kier molecular flexibility index (Phi) is 5.86. The first-order valence-electron chi connectivity index (χ1n) is 7.28. The SMILES string of the molecule is Cl.O=[N+]([O-])c1cc2c(cc1S(=O)(=O)NC1CCCNC1)OCCO2. The number of benzene rings is 1. The number of fused-ring (bicyclic) bond motifs is 1. The monoisotopic (exact) mass is 379 g/mol. The summed E-state index contributed by atoms with van der Waals surface area (Å²) >= 11 is 0. The first-order valence-corrected chi connectivity index (χ1v) is 8.77. The fourth-order valence-corrected chi connectivity index (χ4v) is 4.09. The van der Waals surface area contributed by atoms with E-state index in [-0.39, 0.29) is 43.2 Å². The zero-order chi connectivity index (χ0) is 16.4. The number of rotatable bonds is 4. The van der Waals surface area contributed by atoms with E-state index in [0.29, 0.717) is 13.0 Å². The summed E-state index contributed by atoms with van der Waals surface area (Å²) in [5.41, 5.74) is -0.523. The first-order chi connectivity index (χ1) is 11.0. The molecule has 134 valence electrons. The minimum absolute atomic E-state index is 0. The molecule has 1 aromatic carbocycles. The van der Waals surface area contributed by atoms with E-state index in [9.17, 15) is 18.5 Å². The molecule has 0 aliphatic carbocycles. The van der Waals surface area contributed by atoms with Crippen LogP contribution in [-0.4, -0.2) is 45.7 Å². The van der Waals surface area contributed by atoms with Crippen molar-refractivity contribution in [3.05, 3.63) is 22.2 Å². The van der Waals surface area contributed by atoms with Gasteiger partial charge in [-0.25, -0.2) is 13.1 Å². The van der Waals surface area contributed by atoms with Crippen molar-refractivity contribution in [2.24, 2.45) is 0 Å². The van der Waals surface area contributed by atoms with Crippen molar-refractivity contribution in [1.82, 2.24) is 10.0 Å². The van der Waals surface area contributed by atoms with Crippen molar-refractivity contribution in [2.75, 3.05) is 26.3 Å². The van der Waals surface area contributed by atoms with Gasteiger partial charge in [-0.2, -0.15) is 0 Å². The van der Waals surface area contributed by atoms with E-state index in [1.165, 1.54) is 0 Å². The van der Waals surface area contributed by atoms with Crippen LogP contribution in [0.15, 0.2) is 17.0 Å². The van der Waals surface area contributed by atoms with Crippen LogP contribution in [0.3, 0.4) is 0 Å². The smallest absolute Gasteiger partial charge is 0.293 e. The second-order valence-electron chi connectivity index (χ2n) is 5.39. The third-order valence-corrected chi connectivity index (χ3v) is 5.28. The summed E-state index contributed by atoms with van der Waals surface area (Å²) in [4.78, 5) is 10.1. The number of piperidine rings is 1. The van der Waals surface area contributed by atoms with Crippen LogP contribution in [0.2, 0.25) is 0 Å². The molecule has 3 rings (SSSR count). The molecule has 1 unspecified atom stereocenters. The molecule has 1 atom stereocenters. The Labute approximate surface area is 145 Å². The molecule has 9 nitrogen and oxygen atoms in total. The van der Waals surface area contributed by atoms with Crippen LogP contribution >= 0.6 is 12.4 Å². The molecule has 2 aliphatic rings. The van der Waals surface area contributed by atoms with Gasteiger partial charge in [0.05, 0.1) is 11.0 Å². The van der Waals surface area contributed by atoms with E-state index in [2.05, 4.69) is 10.0 Å². The number of halogens is 1. The number of hydrogen-bond donors (Lipinski definition) is 2. The summed E-state index contributed by atoms with van der Waals surface area (Å²) in [5, 5.41) is 14.3. The summed E-state index contributed by atoms with van der Waals surface area (Å²) < 4.78 is 38.3. The van der Waals surface area contributed by atoms with E-state index in [1.807, 2.05) is 0 Å². The highest BCUT2D eigenvalue weighted by Gasteiger charge is 2.32. The van der Waals surface area contributed by atoms with Crippen LogP contribution in [0.1, 0.15) is 12.8 Å². The standard InChI is InChI=1S/C13H17N3O6S.ClH/c17-16(18)10-6-11-12(22-5-4-21-11)7-13(10)23(19,20)15-9-2-1-3-14-8-9;/h6-7,9,14-15H,1-5,8H2;1H. The molecular weight excluding hydrogens is 362 g/mol. The molecule has 1 saturated heterocycles. The molecule has 0 spiro atoms. The predicted octanol–water partition coefficient (Wildman–Crippen LogP) is 0.818. The molecule has 0 radical (unpaired) electrons. The van der Waals surface area contributed by atoms with Crippen LogP contribution in [0.4, 0.5) is 5.69 Å². The number of nitro groups is 1. The van der Waals surface area contributed by atoms with E-state index < -0.39 is 25.5 Å². The van der Waals surface area contributed by atoms with Crippen molar-refractivity contribution >= 4 is 28.1 Å². The maximum Gasteiger partial charge on any atom is 0.293 e. The second-order valence-corrected chi connectivity index (χ2v) is 7.07. The predicted molar refractivity (Wildman–Crippen MR) is 87.5 cm³/mol. The normalized spacial score (nSPS) is 20.1. The van der Waals surface area contributed by atoms with Crippen LogP contribution in [0, 0.1) is 10.1 Å². The van der Waals surface area contributed by atoms with Gasteiger partial charge in [0.25, 0.3) is 5.69 Å². The Bertz CT molecular complexity index is 721. The molecule has 1 fully saturated rings. The zero-order valence-corrected chi connectivity index (χ0v) is 14.3. The lowest BCUT2D eigenvalue weighted by molar-refractivity contribution is -0.388. The van der Waals surface area contributed by atoms with E-state index >= 15 is 0 Å². The third-order valence-electron chi connectivity index (χ3n) is 3.73. The molecule has 2 heterocycles. The average Bonchev–Trinajstić information content (AvgIpc) is 2.54. The van der Waals surface area contributed by atoms with Crippen molar-refractivity contribution in [3.8, 4) is 11.5 Å². The molecular formula is C13H18ClN3O6S. The largest absolute Gasteiger partial charge is 0.486 e. The van der Waals surface area contributed by atoms with Crippen LogP contribution in [0.5, 0.6) is 11.5 Å². The minimum atomic E-state index is -4.04. The second kappa shape index (κ2) is 7.51. The summed E-state index contributed by atoms with van der Waals surface area (Å²) in [6.07, 6.45) is 1.53. The highest BCUT2D eigenvalue weighted by Crippen LogP contribution is 2.38. The van der Waals surface area contributed by atoms with Gasteiger partial charge < -0.3 is 14.8 Å². The maximum atomic E-state index is 12.6. The molecule has 0 saturated carbocycles. The number of nitro benzene ring substituents is 1. The van der Waals surface area contributed by atoms with Gasteiger partial charge in [0.1, 0.15) is 13.2 Å². The fourth-order valence-electron chi connectivity index (χ4n) is 2.65. The molecule has 0 bridgehead atoms. The molecule has 11 heteroatoms. The number of nitrogens with zero attached hydrogens (tertiary/aromatic N) is 1. The zero-order valence-electron chi connectivity index (χ0n) is 12.7. The molecule has 24 heavy (non-hydrogen) atoms. The van der Waals surface area contributed by atoms with E-state index in [0.717, 1.165) is 25.1 Å². The topological polar surface area (TPSA) is 120 Å². The third kappa shape index (κ3) is 3.89. The summed E-state index contributed by atoms with van der Waals surface area (Å²) in [6.45, 7) is 1.87. The number of nitrogens with one attached hydrogen (secondary N) is 2. The van der Waals surface area contributed by atoms with Gasteiger partial charge in [-0.15, -0.1) is 12.4 Å². The summed E-state index contributed by atoms with van der Waals surface area (Å²) in [5.74, 6) is 0.380. The van der Waals surface area contributed by atoms with E-state index in [4.69, 9.17) is 9.47 Å². The maximum absolute atomic E-state index is 12.6. The van der Waals surface area contributed by atoms with Gasteiger partial charge >= 0.3 is 0 Å². The highest BCUT2D eigenvalue weighted by molar-refractivity contribution is 7.89. The molecule has 0 amide bonds. The lowest BCUT2D eigenvalue weighted by Crippen LogP contribution is -2.45. The van der Waals surface area contributed by atoms with Gasteiger partial charge in [-0.1, -0.05) is 0 Å². The number of sulfonamides is 1. The number of hydrogen-bond acceptors (Lipinski definition) is 7. The van der Waals surface area contributed by atoms with Gasteiger partial charge in [0.2, 0.25) is 10.0 Å². The number of ether oxygens (including phenoxy) is 2. The van der Waals surface area contributed by atoms with Crippen molar-refractivity contribution in [2.45, 2.75) is 23.8 Å². The van der Waals surface area contributed by atoms with Crippen molar-refractivity contribution in [3.63, 3.8) is 0 Å². The van der Waals surface area contributed by atoms with E-state index in [1.54, 1.807) is 0 Å². The quantitative estimate of drug-likeness (QED) is 0.586. The summed E-state index contributed by atoms with van der Waals surface area (Å²) in [6, 6.07) is 1.97. The van der Waals surface area contributed by atoms with Gasteiger partial charge in [-0.05, 0) is 19.4 Å². The Morgan fingerprint density at radius 1 is 1.25 bits per heavy atom. The Hall–Kier alpha value is -1.62. The van der Waals surface area contributed by atoms with Crippen molar-refractivity contribution < 1.29 is 22.8 Å². The minimum Gasteiger partial charge on any atom is -0.486 e. The molecule has 1 aromatic rings. The Balaban J connectivity index is 0.00000208. The fraction of sp³-hybridized carbons (Fsp3) is 0.538. The first kappa shape index (κ1) is 18.7. The van der Waals surface area contributed by atoms with Crippen molar-refractivity contribution in [1.29, 1.82) is 0 Å². The van der Waals surface area contributed by atoms with Gasteiger partial charge in [0, 0.05) is 18.7 Å². The summed E-state index contributed by atoms with van der Waals surface area (Å²) in [7, 11) is -4.04. The Morgan fingerprint density at radius 2 is 1.92 bits per heavy atom. The highest BCUT2D eigenvalue weighted by atomic mass is 35.5. The lowest BCUT2D eigenvalue weighted by Gasteiger charge is -2.24. The lowest BCUT2D eigenvalue weighted by atomic mass is 10.1. The van der Waals surface area contributed by atoms with Gasteiger partial charge in [-0.3, -0.25) is 10.1 Å². The molecule has 2 aliphatic heterocycles. The van der Waals surface area contributed by atoms with Crippen LogP contribution < -0.4 is 19.5 Å². The van der Waals surface area contributed by atoms with Crippen LogP contribution in [0.25, 0.3) is 0 Å². The molecule has 0 aromatic heterocycles. The van der Waals surface area contributed by atoms with Gasteiger partial charge in [0.15, 0.2) is 16.4 Å². The van der Waals surface area contributed by atoms with Crippen LogP contribution in [-0.2, 0) is 10.0 Å². The molecule has 2 N–H and O–H groups in total. The average molecular weight is 380 g/mol.